The van der Waals surface area contributed by atoms with Crippen LogP contribution in [-0.4, -0.2) is 32.5 Å². The fraction of sp³-hybridized carbons (Fsp3) is 0.400. The molecule has 1 N–H and O–H groups in total. The summed E-state index contributed by atoms with van der Waals surface area (Å²) < 4.78 is 16.4. The Morgan fingerprint density at radius 2 is 1.47 bits per heavy atom. The molecule has 160 valence electrons. The number of benzene rings is 2. The van der Waals surface area contributed by atoms with Crippen molar-refractivity contribution in [3.8, 4) is 23.3 Å². The zero-order chi connectivity index (χ0) is 21.6. The van der Waals surface area contributed by atoms with Gasteiger partial charge in [0.1, 0.15) is 17.2 Å². The Kier molecular flexibility index (Phi) is 10.3. The van der Waals surface area contributed by atoms with E-state index in [1.165, 1.54) is 12.8 Å². The fourth-order valence-electron chi connectivity index (χ4n) is 3.08. The molecule has 0 atom stereocenters. The van der Waals surface area contributed by atoms with Gasteiger partial charge in [-0.3, -0.25) is 0 Å². The number of methoxy groups -OCH3 is 2. The molecule has 0 fully saturated rings. The first-order chi connectivity index (χ1) is 14.7. The molecule has 2 aromatic rings. The molecule has 2 rings (SSSR count). The molecule has 0 heterocycles. The van der Waals surface area contributed by atoms with E-state index in [0.29, 0.717) is 23.7 Å². The molecular weight excluding hydrogens is 378 g/mol. The van der Waals surface area contributed by atoms with Gasteiger partial charge in [-0.15, -0.1) is 0 Å². The van der Waals surface area contributed by atoms with Gasteiger partial charge in [0.05, 0.1) is 32.5 Å². The number of aliphatic hydroxyl groups is 1. The number of unbranched alkanes of at least 4 members (excludes halogenated alkanes) is 5. The fourth-order valence-corrected chi connectivity index (χ4v) is 3.08. The van der Waals surface area contributed by atoms with Crippen molar-refractivity contribution in [3.05, 3.63) is 53.6 Å². The van der Waals surface area contributed by atoms with Crippen LogP contribution in [0.3, 0.4) is 0 Å². The number of rotatable bonds is 13. The summed E-state index contributed by atoms with van der Waals surface area (Å²) in [5, 5.41) is 18.4. The topological polar surface area (TPSA) is 71.7 Å². The second-order valence-electron chi connectivity index (χ2n) is 7.03. The van der Waals surface area contributed by atoms with Crippen molar-refractivity contribution in [2.45, 2.75) is 38.5 Å². The summed E-state index contributed by atoms with van der Waals surface area (Å²) in [5.41, 5.74) is 2.19. The number of nitrogens with zero attached hydrogens (tertiary/aromatic N) is 1. The second-order valence-corrected chi connectivity index (χ2v) is 7.03. The molecule has 0 aliphatic heterocycles. The highest BCUT2D eigenvalue weighted by Crippen LogP contribution is 2.28. The molecule has 0 saturated carbocycles. The monoisotopic (exact) mass is 409 g/mol. The number of nitriles is 1. The lowest BCUT2D eigenvalue weighted by Crippen LogP contribution is -1.97. The van der Waals surface area contributed by atoms with E-state index < -0.39 is 0 Å². The summed E-state index contributed by atoms with van der Waals surface area (Å²) in [6, 6.07) is 15.4. The maximum Gasteiger partial charge on any atom is 0.123 e. The van der Waals surface area contributed by atoms with Crippen LogP contribution in [0.25, 0.3) is 11.6 Å². The Balaban J connectivity index is 1.92. The van der Waals surface area contributed by atoms with Gasteiger partial charge in [0, 0.05) is 12.7 Å². The Bertz CT molecular complexity index is 815. The largest absolute Gasteiger partial charge is 0.497 e. The molecular formula is C25H31NO4. The number of aliphatic hydroxyl groups excluding tert-OH is 1. The molecule has 0 aliphatic rings. The van der Waals surface area contributed by atoms with Crippen LogP contribution in [0.2, 0.25) is 0 Å². The normalized spacial score (nSPS) is 11.1. The van der Waals surface area contributed by atoms with Gasteiger partial charge < -0.3 is 19.3 Å². The summed E-state index contributed by atoms with van der Waals surface area (Å²) in [5.74, 6) is 2.11. The lowest BCUT2D eigenvalue weighted by molar-refractivity contribution is 0.280. The van der Waals surface area contributed by atoms with E-state index in [-0.39, 0.29) is 6.61 Å². The van der Waals surface area contributed by atoms with Gasteiger partial charge >= 0.3 is 0 Å². The van der Waals surface area contributed by atoms with E-state index in [9.17, 15) is 5.26 Å². The van der Waals surface area contributed by atoms with Crippen LogP contribution in [0, 0.1) is 11.3 Å². The van der Waals surface area contributed by atoms with E-state index in [1.54, 1.807) is 20.3 Å². The average Bonchev–Trinajstić information content (AvgIpc) is 2.79. The Labute approximate surface area is 179 Å². The highest BCUT2D eigenvalue weighted by molar-refractivity contribution is 5.90. The van der Waals surface area contributed by atoms with Gasteiger partial charge in [0.25, 0.3) is 0 Å². The minimum absolute atomic E-state index is 0.290. The summed E-state index contributed by atoms with van der Waals surface area (Å²) >= 11 is 0. The van der Waals surface area contributed by atoms with Crippen LogP contribution in [0.1, 0.15) is 49.7 Å². The van der Waals surface area contributed by atoms with Gasteiger partial charge in [0.2, 0.25) is 0 Å². The SMILES string of the molecule is COc1cc(OC)cc(/C(C#N)=C/c2ccc(OCCCCCCCCO)cc2)c1. The smallest absolute Gasteiger partial charge is 0.123 e. The third kappa shape index (κ3) is 7.81. The number of ether oxygens (including phenoxy) is 3. The van der Waals surface area contributed by atoms with Crippen LogP contribution < -0.4 is 14.2 Å². The van der Waals surface area contributed by atoms with Crippen molar-refractivity contribution in [2.24, 2.45) is 0 Å². The van der Waals surface area contributed by atoms with Crippen LogP contribution in [0.15, 0.2) is 42.5 Å². The molecule has 0 bridgehead atoms. The van der Waals surface area contributed by atoms with E-state index in [4.69, 9.17) is 19.3 Å². The molecule has 5 nitrogen and oxygen atoms in total. The molecule has 0 saturated heterocycles. The zero-order valence-corrected chi connectivity index (χ0v) is 17.9. The molecule has 5 heteroatoms. The Morgan fingerprint density at radius 1 is 0.867 bits per heavy atom. The lowest BCUT2D eigenvalue weighted by Gasteiger charge is -2.08. The molecule has 0 unspecified atom stereocenters. The first-order valence-corrected chi connectivity index (χ1v) is 10.4. The standard InChI is InChI=1S/C25H31NO4/c1-28-24-16-21(17-25(18-24)29-2)22(19-26)15-20-9-11-23(12-10-20)30-14-8-6-4-3-5-7-13-27/h9-12,15-18,27H,3-8,13-14H2,1-2H3/b22-15+. The third-order valence-electron chi connectivity index (χ3n) is 4.80. The van der Waals surface area contributed by atoms with Gasteiger partial charge in [0.15, 0.2) is 0 Å². The summed E-state index contributed by atoms with van der Waals surface area (Å²) in [7, 11) is 3.18. The van der Waals surface area contributed by atoms with Crippen molar-refractivity contribution in [2.75, 3.05) is 27.4 Å². The predicted molar refractivity (Wildman–Crippen MR) is 120 cm³/mol. The first kappa shape index (κ1) is 23.3. The quantitative estimate of drug-likeness (QED) is 0.269. The zero-order valence-electron chi connectivity index (χ0n) is 17.9. The molecule has 0 amide bonds. The molecule has 0 aliphatic carbocycles. The number of allylic oxidation sites excluding steroid dienone is 1. The minimum Gasteiger partial charge on any atom is -0.497 e. The molecule has 30 heavy (non-hydrogen) atoms. The van der Waals surface area contributed by atoms with Crippen molar-refractivity contribution in [3.63, 3.8) is 0 Å². The Morgan fingerprint density at radius 3 is 2.03 bits per heavy atom. The van der Waals surface area contributed by atoms with E-state index in [0.717, 1.165) is 42.6 Å². The van der Waals surface area contributed by atoms with Crippen LogP contribution in [0.4, 0.5) is 0 Å². The highest BCUT2D eigenvalue weighted by atomic mass is 16.5. The van der Waals surface area contributed by atoms with Crippen molar-refractivity contribution in [1.82, 2.24) is 0 Å². The third-order valence-corrected chi connectivity index (χ3v) is 4.80. The van der Waals surface area contributed by atoms with Gasteiger partial charge in [-0.1, -0.05) is 37.8 Å². The number of hydrogen-bond donors (Lipinski definition) is 1. The molecule has 2 aromatic carbocycles. The van der Waals surface area contributed by atoms with E-state index in [1.807, 2.05) is 42.5 Å². The number of hydrogen-bond acceptors (Lipinski definition) is 5. The Hall–Kier alpha value is -2.97. The van der Waals surface area contributed by atoms with Crippen LogP contribution in [0.5, 0.6) is 17.2 Å². The highest BCUT2D eigenvalue weighted by Gasteiger charge is 2.07. The molecule has 0 aromatic heterocycles. The van der Waals surface area contributed by atoms with E-state index in [2.05, 4.69) is 6.07 Å². The van der Waals surface area contributed by atoms with Crippen molar-refractivity contribution >= 4 is 11.6 Å². The maximum absolute atomic E-state index is 9.62. The van der Waals surface area contributed by atoms with Crippen molar-refractivity contribution in [1.29, 1.82) is 5.26 Å². The predicted octanol–water partition coefficient (Wildman–Crippen LogP) is 5.48. The summed E-state index contributed by atoms with van der Waals surface area (Å²) in [4.78, 5) is 0. The molecule has 0 radical (unpaired) electrons. The average molecular weight is 410 g/mol. The lowest BCUT2D eigenvalue weighted by atomic mass is 10.0. The van der Waals surface area contributed by atoms with Crippen LogP contribution >= 0.6 is 0 Å². The maximum atomic E-state index is 9.62. The minimum atomic E-state index is 0.290. The second kappa shape index (κ2) is 13.3. The summed E-state index contributed by atoms with van der Waals surface area (Å²) in [6.45, 7) is 0.986. The van der Waals surface area contributed by atoms with Gasteiger partial charge in [-0.05, 0) is 54.3 Å². The van der Waals surface area contributed by atoms with Gasteiger partial charge in [-0.2, -0.15) is 5.26 Å². The van der Waals surface area contributed by atoms with Crippen molar-refractivity contribution < 1.29 is 19.3 Å². The summed E-state index contributed by atoms with van der Waals surface area (Å²) in [6.07, 6.45) is 8.35. The van der Waals surface area contributed by atoms with Gasteiger partial charge in [-0.25, -0.2) is 0 Å². The van der Waals surface area contributed by atoms with Crippen LogP contribution in [-0.2, 0) is 0 Å². The van der Waals surface area contributed by atoms with E-state index >= 15 is 0 Å². The molecule has 0 spiro atoms. The first-order valence-electron chi connectivity index (χ1n) is 10.4.